The van der Waals surface area contributed by atoms with Gasteiger partial charge in [-0.3, -0.25) is 0 Å². The van der Waals surface area contributed by atoms with Crippen molar-refractivity contribution in [3.63, 3.8) is 0 Å². The molecule has 0 unspecified atom stereocenters. The maximum Gasteiger partial charge on any atom is 0.189 e. The maximum absolute atomic E-state index is 12.6. The molecule has 0 aliphatic carbocycles. The molecule has 0 aromatic carbocycles. The van der Waals surface area contributed by atoms with Crippen LogP contribution in [0.3, 0.4) is 0 Å². The van der Waals surface area contributed by atoms with Gasteiger partial charge in [-0.1, -0.05) is 0 Å². The van der Waals surface area contributed by atoms with Crippen molar-refractivity contribution in [2.75, 3.05) is 0 Å². The average molecular weight is 166 g/mol. The smallest absolute Gasteiger partial charge is 0.189 e. The summed E-state index contributed by atoms with van der Waals surface area (Å²) in [7, 11) is 0. The third-order valence-corrected chi connectivity index (χ3v) is 1.78. The molecule has 1 heterocycles. The van der Waals surface area contributed by atoms with Gasteiger partial charge >= 0.3 is 0 Å². The van der Waals surface area contributed by atoms with Gasteiger partial charge in [0.05, 0.1) is 6.10 Å². The molecule has 0 saturated carbocycles. The van der Waals surface area contributed by atoms with E-state index < -0.39 is 30.8 Å². The third kappa shape index (κ3) is 1.51. The number of aliphatic hydroxyl groups is 3. The molecule has 5 atom stereocenters. The second-order valence-corrected chi connectivity index (χ2v) is 2.66. The molecule has 0 bridgehead atoms. The van der Waals surface area contributed by atoms with Crippen LogP contribution in [-0.4, -0.2) is 46.1 Å². The first-order valence-electron chi connectivity index (χ1n) is 3.37. The lowest BCUT2D eigenvalue weighted by atomic mass is 10.0. The van der Waals surface area contributed by atoms with E-state index in [2.05, 4.69) is 4.74 Å². The van der Waals surface area contributed by atoms with Gasteiger partial charge in [0, 0.05) is 0 Å². The predicted octanol–water partition coefficient (Wildman–Crippen LogP) is -1.22. The van der Waals surface area contributed by atoms with E-state index in [1.807, 2.05) is 0 Å². The number of ether oxygens (including phenoxy) is 1. The number of alkyl halides is 1. The SMILES string of the molecule is C[C@@H]1O[C@H](O)[C@@H](F)[C@H](O)[C@H]1O. The van der Waals surface area contributed by atoms with Crippen molar-refractivity contribution in [3.05, 3.63) is 0 Å². The molecule has 66 valence electrons. The van der Waals surface area contributed by atoms with Gasteiger partial charge in [0.1, 0.15) is 12.2 Å². The molecule has 0 spiro atoms. The Kier molecular flexibility index (Phi) is 2.43. The fourth-order valence-electron chi connectivity index (χ4n) is 1.01. The zero-order chi connectivity index (χ0) is 8.59. The molecular formula is C6H11FO4. The minimum absolute atomic E-state index is 0.744. The predicted molar refractivity (Wildman–Crippen MR) is 33.5 cm³/mol. The van der Waals surface area contributed by atoms with Gasteiger partial charge in [-0.2, -0.15) is 0 Å². The first-order chi connectivity index (χ1) is 5.04. The number of hydrogen-bond acceptors (Lipinski definition) is 4. The van der Waals surface area contributed by atoms with Gasteiger partial charge in [-0.25, -0.2) is 4.39 Å². The molecule has 11 heavy (non-hydrogen) atoms. The van der Waals surface area contributed by atoms with Gasteiger partial charge in [-0.15, -0.1) is 0 Å². The summed E-state index contributed by atoms with van der Waals surface area (Å²) in [4.78, 5) is 0. The van der Waals surface area contributed by atoms with Crippen molar-refractivity contribution in [1.82, 2.24) is 0 Å². The zero-order valence-corrected chi connectivity index (χ0v) is 6.01. The van der Waals surface area contributed by atoms with Gasteiger partial charge in [-0.05, 0) is 6.92 Å². The minimum atomic E-state index is -1.93. The Hall–Kier alpha value is -0.230. The van der Waals surface area contributed by atoms with E-state index in [4.69, 9.17) is 15.3 Å². The molecule has 0 radical (unpaired) electrons. The fraction of sp³-hybridized carbons (Fsp3) is 1.00. The van der Waals surface area contributed by atoms with Crippen LogP contribution in [0.1, 0.15) is 6.92 Å². The third-order valence-electron chi connectivity index (χ3n) is 1.78. The van der Waals surface area contributed by atoms with Gasteiger partial charge in [0.2, 0.25) is 0 Å². The molecule has 0 aromatic heterocycles. The van der Waals surface area contributed by atoms with E-state index >= 15 is 0 Å². The van der Waals surface area contributed by atoms with E-state index in [1.54, 1.807) is 0 Å². The Labute approximate surface area is 63.2 Å². The van der Waals surface area contributed by atoms with Crippen LogP contribution >= 0.6 is 0 Å². The van der Waals surface area contributed by atoms with E-state index in [9.17, 15) is 4.39 Å². The van der Waals surface area contributed by atoms with Gasteiger partial charge < -0.3 is 20.1 Å². The molecule has 0 amide bonds. The second kappa shape index (κ2) is 3.02. The summed E-state index contributed by atoms with van der Waals surface area (Å²) >= 11 is 0. The molecule has 4 nitrogen and oxygen atoms in total. The Morgan fingerprint density at radius 2 is 1.73 bits per heavy atom. The first kappa shape index (κ1) is 8.86. The van der Waals surface area contributed by atoms with Gasteiger partial charge in [0.15, 0.2) is 12.5 Å². The standard InChI is InChI=1S/C6H11FO4/c1-2-4(8)5(9)3(7)6(10)11-2/h2-6,8-10H,1H3/t2-,3-,4-,5-,6-/m0/s1. The molecule has 0 aromatic rings. The fourth-order valence-corrected chi connectivity index (χ4v) is 1.01. The Morgan fingerprint density at radius 1 is 1.18 bits per heavy atom. The summed E-state index contributed by atoms with van der Waals surface area (Å²) in [5.74, 6) is 0. The lowest BCUT2D eigenvalue weighted by Gasteiger charge is -2.35. The Bertz CT molecular complexity index is 129. The highest BCUT2D eigenvalue weighted by Gasteiger charge is 2.42. The summed E-state index contributed by atoms with van der Waals surface area (Å²) < 4.78 is 17.2. The summed E-state index contributed by atoms with van der Waals surface area (Å²) in [6.45, 7) is 1.45. The van der Waals surface area contributed by atoms with E-state index in [1.165, 1.54) is 6.92 Å². The lowest BCUT2D eigenvalue weighted by Crippen LogP contribution is -2.54. The van der Waals surface area contributed by atoms with Crippen LogP contribution in [-0.2, 0) is 4.74 Å². The van der Waals surface area contributed by atoms with Crippen molar-refractivity contribution >= 4 is 0 Å². The summed E-state index contributed by atoms with van der Waals surface area (Å²) in [5, 5.41) is 26.7. The average Bonchev–Trinajstić information content (AvgIpc) is 1.97. The van der Waals surface area contributed by atoms with Crippen LogP contribution in [0, 0.1) is 0 Å². The Balaban J connectivity index is 2.63. The number of aliphatic hydroxyl groups excluding tert-OH is 3. The first-order valence-corrected chi connectivity index (χ1v) is 3.37. The maximum atomic E-state index is 12.6. The summed E-state index contributed by atoms with van der Waals surface area (Å²) in [5.41, 5.74) is 0. The van der Waals surface area contributed by atoms with Crippen molar-refractivity contribution in [2.45, 2.75) is 37.7 Å². The van der Waals surface area contributed by atoms with Crippen molar-refractivity contribution < 1.29 is 24.4 Å². The minimum Gasteiger partial charge on any atom is -0.388 e. The van der Waals surface area contributed by atoms with Crippen LogP contribution < -0.4 is 0 Å². The highest BCUT2D eigenvalue weighted by Crippen LogP contribution is 2.21. The van der Waals surface area contributed by atoms with Crippen molar-refractivity contribution in [2.24, 2.45) is 0 Å². The Morgan fingerprint density at radius 3 is 2.27 bits per heavy atom. The number of hydrogen-bond donors (Lipinski definition) is 3. The monoisotopic (exact) mass is 166 g/mol. The van der Waals surface area contributed by atoms with Crippen LogP contribution in [0.25, 0.3) is 0 Å². The van der Waals surface area contributed by atoms with Crippen molar-refractivity contribution in [3.8, 4) is 0 Å². The molecule has 1 aliphatic heterocycles. The molecule has 1 saturated heterocycles. The summed E-state index contributed by atoms with van der Waals surface area (Å²) in [6, 6.07) is 0. The van der Waals surface area contributed by atoms with Gasteiger partial charge in [0.25, 0.3) is 0 Å². The molecule has 1 aliphatic rings. The van der Waals surface area contributed by atoms with Crippen LogP contribution in [0.15, 0.2) is 0 Å². The summed E-state index contributed by atoms with van der Waals surface area (Å²) in [6.07, 6.45) is -7.14. The van der Waals surface area contributed by atoms with Crippen LogP contribution in [0.5, 0.6) is 0 Å². The lowest BCUT2D eigenvalue weighted by molar-refractivity contribution is -0.261. The van der Waals surface area contributed by atoms with E-state index in [0.29, 0.717) is 0 Å². The largest absolute Gasteiger partial charge is 0.388 e. The highest BCUT2D eigenvalue weighted by atomic mass is 19.1. The number of rotatable bonds is 0. The zero-order valence-electron chi connectivity index (χ0n) is 6.01. The topological polar surface area (TPSA) is 69.9 Å². The second-order valence-electron chi connectivity index (χ2n) is 2.66. The van der Waals surface area contributed by atoms with Crippen LogP contribution in [0.4, 0.5) is 4.39 Å². The number of halogens is 1. The quantitative estimate of drug-likeness (QED) is 0.422. The molecule has 5 heteroatoms. The van der Waals surface area contributed by atoms with Crippen LogP contribution in [0.2, 0.25) is 0 Å². The normalized spacial score (nSPS) is 52.6. The van der Waals surface area contributed by atoms with E-state index in [-0.39, 0.29) is 0 Å². The molecule has 1 rings (SSSR count). The van der Waals surface area contributed by atoms with Crippen molar-refractivity contribution in [1.29, 1.82) is 0 Å². The molecule has 3 N–H and O–H groups in total. The highest BCUT2D eigenvalue weighted by molar-refractivity contribution is 4.86. The molecular weight excluding hydrogens is 155 g/mol. The molecule has 1 fully saturated rings. The van der Waals surface area contributed by atoms with E-state index in [0.717, 1.165) is 0 Å².